The van der Waals surface area contributed by atoms with Gasteiger partial charge in [-0.3, -0.25) is 0 Å². The minimum atomic E-state index is 0.734. The zero-order valence-corrected chi connectivity index (χ0v) is 12.7. The van der Waals surface area contributed by atoms with Crippen LogP contribution < -0.4 is 5.73 Å². The molecule has 2 N–H and O–H groups in total. The lowest BCUT2D eigenvalue weighted by atomic mass is 10.0. The Balaban J connectivity index is 2.09. The average molecular weight is 338 g/mol. The average Bonchev–Trinajstić information content (AvgIpc) is 2.86. The third-order valence-corrected chi connectivity index (χ3v) is 4.20. The van der Waals surface area contributed by atoms with Crippen LogP contribution in [-0.4, -0.2) is 0 Å². The number of hydrogen-bond donors (Lipinski definition) is 1. The van der Waals surface area contributed by atoms with Gasteiger partial charge in [0.1, 0.15) is 11.2 Å². The van der Waals surface area contributed by atoms with Gasteiger partial charge in [0.15, 0.2) is 0 Å². The highest BCUT2D eigenvalue weighted by Crippen LogP contribution is 2.38. The van der Waals surface area contributed by atoms with Crippen LogP contribution in [-0.2, 0) is 0 Å². The minimum absolute atomic E-state index is 0.734. The summed E-state index contributed by atoms with van der Waals surface area (Å²) in [5, 5.41) is 2.25. The summed E-state index contributed by atoms with van der Waals surface area (Å²) in [5.41, 5.74) is 10.7. The number of benzene rings is 3. The molecular formula is C18H12BrNO. The monoisotopic (exact) mass is 337 g/mol. The van der Waals surface area contributed by atoms with Gasteiger partial charge in [-0.15, -0.1) is 0 Å². The van der Waals surface area contributed by atoms with Gasteiger partial charge >= 0.3 is 0 Å². The molecule has 0 aliphatic carbocycles. The molecule has 0 aliphatic heterocycles. The number of rotatable bonds is 1. The molecule has 3 aromatic carbocycles. The van der Waals surface area contributed by atoms with Gasteiger partial charge in [0.05, 0.1) is 0 Å². The van der Waals surface area contributed by atoms with Crippen LogP contribution in [0, 0.1) is 0 Å². The summed E-state index contributed by atoms with van der Waals surface area (Å²) >= 11 is 3.44. The third kappa shape index (κ3) is 1.93. The Morgan fingerprint density at radius 2 is 1.62 bits per heavy atom. The molecule has 1 heterocycles. The van der Waals surface area contributed by atoms with Crippen LogP contribution in [0.15, 0.2) is 69.6 Å². The van der Waals surface area contributed by atoms with E-state index in [1.54, 1.807) is 0 Å². The number of anilines is 1. The van der Waals surface area contributed by atoms with Crippen LogP contribution in [0.3, 0.4) is 0 Å². The van der Waals surface area contributed by atoms with Crippen molar-refractivity contribution in [1.82, 2.24) is 0 Å². The van der Waals surface area contributed by atoms with Crippen LogP contribution in [0.25, 0.3) is 33.1 Å². The highest BCUT2D eigenvalue weighted by Gasteiger charge is 2.13. The normalized spacial score (nSPS) is 11.3. The summed E-state index contributed by atoms with van der Waals surface area (Å²) in [7, 11) is 0. The molecule has 1 aromatic heterocycles. The van der Waals surface area contributed by atoms with Crippen molar-refractivity contribution in [1.29, 1.82) is 0 Å². The predicted octanol–water partition coefficient (Wildman–Crippen LogP) is 5.60. The van der Waals surface area contributed by atoms with Crippen molar-refractivity contribution in [3.8, 4) is 11.1 Å². The van der Waals surface area contributed by atoms with Crippen molar-refractivity contribution in [2.45, 2.75) is 0 Å². The smallest absolute Gasteiger partial charge is 0.143 e. The summed E-state index contributed by atoms with van der Waals surface area (Å²) in [5.74, 6) is 0. The van der Waals surface area contributed by atoms with Gasteiger partial charge in [0.2, 0.25) is 0 Å². The van der Waals surface area contributed by atoms with Crippen molar-refractivity contribution in [3.63, 3.8) is 0 Å². The zero-order valence-electron chi connectivity index (χ0n) is 11.1. The molecule has 4 aromatic rings. The summed E-state index contributed by atoms with van der Waals surface area (Å²) in [6.07, 6.45) is 0. The molecule has 0 saturated carbocycles. The van der Waals surface area contributed by atoms with Crippen molar-refractivity contribution < 1.29 is 4.42 Å². The first-order valence-electron chi connectivity index (χ1n) is 6.70. The molecule has 3 heteroatoms. The summed E-state index contributed by atoms with van der Waals surface area (Å²) in [6, 6.07) is 20.2. The first-order valence-corrected chi connectivity index (χ1v) is 7.49. The largest absolute Gasteiger partial charge is 0.455 e. The fraction of sp³-hybridized carbons (Fsp3) is 0. The number of fused-ring (bicyclic) bond motifs is 3. The molecule has 0 amide bonds. The molecule has 0 radical (unpaired) electrons. The fourth-order valence-corrected chi connectivity index (χ4v) is 3.12. The Kier molecular flexibility index (Phi) is 2.76. The van der Waals surface area contributed by atoms with Crippen LogP contribution in [0.2, 0.25) is 0 Å². The Bertz CT molecular complexity index is 971. The van der Waals surface area contributed by atoms with Crippen molar-refractivity contribution in [3.05, 3.63) is 65.1 Å². The highest BCUT2D eigenvalue weighted by molar-refractivity contribution is 9.10. The number of nitrogens with two attached hydrogens (primary N) is 1. The highest BCUT2D eigenvalue weighted by atomic mass is 79.9. The van der Waals surface area contributed by atoms with Crippen LogP contribution >= 0.6 is 15.9 Å². The van der Waals surface area contributed by atoms with E-state index in [1.807, 2.05) is 48.5 Å². The van der Waals surface area contributed by atoms with E-state index in [-0.39, 0.29) is 0 Å². The van der Waals surface area contributed by atoms with Gasteiger partial charge in [0.25, 0.3) is 0 Å². The molecular weight excluding hydrogens is 326 g/mol. The molecule has 0 unspecified atom stereocenters. The van der Waals surface area contributed by atoms with Gasteiger partial charge in [-0.1, -0.05) is 58.4 Å². The van der Waals surface area contributed by atoms with E-state index in [2.05, 4.69) is 28.1 Å². The number of nitrogen functional groups attached to an aromatic ring is 1. The summed E-state index contributed by atoms with van der Waals surface area (Å²) in [6.45, 7) is 0. The molecule has 4 rings (SSSR count). The predicted molar refractivity (Wildman–Crippen MR) is 91.3 cm³/mol. The molecule has 0 aliphatic rings. The second kappa shape index (κ2) is 4.64. The van der Waals surface area contributed by atoms with Gasteiger partial charge in [-0.05, 0) is 18.2 Å². The minimum Gasteiger partial charge on any atom is -0.455 e. The Morgan fingerprint density at radius 3 is 2.48 bits per heavy atom. The first kappa shape index (κ1) is 12.5. The SMILES string of the molecule is Nc1cc(Br)ccc1-c1cccc2c1oc1ccccc12. The fourth-order valence-electron chi connectivity index (χ4n) is 2.74. The topological polar surface area (TPSA) is 39.2 Å². The van der Waals surface area contributed by atoms with E-state index in [9.17, 15) is 0 Å². The van der Waals surface area contributed by atoms with E-state index in [1.165, 1.54) is 0 Å². The first-order chi connectivity index (χ1) is 10.2. The van der Waals surface area contributed by atoms with Gasteiger partial charge in [-0.25, -0.2) is 0 Å². The third-order valence-electron chi connectivity index (χ3n) is 3.71. The number of hydrogen-bond acceptors (Lipinski definition) is 2. The quantitative estimate of drug-likeness (QED) is 0.459. The zero-order chi connectivity index (χ0) is 14.4. The lowest BCUT2D eigenvalue weighted by molar-refractivity contribution is 0.670. The van der Waals surface area contributed by atoms with E-state index in [0.717, 1.165) is 43.2 Å². The standard InChI is InChI=1S/C18H12BrNO/c19-11-8-9-12(16(20)10-11)14-5-3-6-15-13-4-1-2-7-17(13)21-18(14)15/h1-10H,20H2. The Labute approximate surface area is 130 Å². The number of para-hydroxylation sites is 2. The maximum atomic E-state index is 6.17. The molecule has 0 bridgehead atoms. The maximum absolute atomic E-state index is 6.17. The summed E-state index contributed by atoms with van der Waals surface area (Å²) in [4.78, 5) is 0. The molecule has 0 saturated heterocycles. The number of furan rings is 1. The van der Waals surface area contributed by atoms with Crippen molar-refractivity contribution in [2.24, 2.45) is 0 Å². The molecule has 0 spiro atoms. The second-order valence-corrected chi connectivity index (χ2v) is 5.93. The Hall–Kier alpha value is -2.26. The van der Waals surface area contributed by atoms with E-state index in [4.69, 9.17) is 10.2 Å². The lowest BCUT2D eigenvalue weighted by Gasteiger charge is -2.07. The van der Waals surface area contributed by atoms with Gasteiger partial charge < -0.3 is 10.2 Å². The van der Waals surface area contributed by atoms with Crippen LogP contribution in [0.1, 0.15) is 0 Å². The van der Waals surface area contributed by atoms with Crippen LogP contribution in [0.5, 0.6) is 0 Å². The lowest BCUT2D eigenvalue weighted by Crippen LogP contribution is -1.90. The number of halogens is 1. The molecule has 21 heavy (non-hydrogen) atoms. The molecule has 0 fully saturated rings. The van der Waals surface area contributed by atoms with Gasteiger partial charge in [-0.2, -0.15) is 0 Å². The molecule has 2 nitrogen and oxygen atoms in total. The Morgan fingerprint density at radius 1 is 0.810 bits per heavy atom. The van der Waals surface area contributed by atoms with Gasteiger partial charge in [0, 0.05) is 32.1 Å². The van der Waals surface area contributed by atoms with Crippen LogP contribution in [0.4, 0.5) is 5.69 Å². The van der Waals surface area contributed by atoms with Crippen molar-refractivity contribution >= 4 is 43.6 Å². The van der Waals surface area contributed by atoms with E-state index < -0.39 is 0 Å². The van der Waals surface area contributed by atoms with Crippen molar-refractivity contribution in [2.75, 3.05) is 5.73 Å². The van der Waals surface area contributed by atoms with E-state index in [0.29, 0.717) is 0 Å². The maximum Gasteiger partial charge on any atom is 0.143 e. The molecule has 0 atom stereocenters. The second-order valence-electron chi connectivity index (χ2n) is 5.01. The van der Waals surface area contributed by atoms with E-state index >= 15 is 0 Å². The molecule has 102 valence electrons. The summed E-state index contributed by atoms with van der Waals surface area (Å²) < 4.78 is 7.03.